The van der Waals surface area contributed by atoms with Crippen LogP contribution in [0.3, 0.4) is 0 Å². The van der Waals surface area contributed by atoms with Crippen molar-refractivity contribution in [3.05, 3.63) is 39.9 Å². The van der Waals surface area contributed by atoms with Gasteiger partial charge in [0, 0.05) is 25.3 Å². The van der Waals surface area contributed by atoms with Crippen LogP contribution in [-0.4, -0.2) is 24.2 Å². The van der Waals surface area contributed by atoms with Gasteiger partial charge in [0.15, 0.2) is 0 Å². The van der Waals surface area contributed by atoms with E-state index in [1.54, 1.807) is 0 Å². The molecule has 0 aliphatic rings. The largest absolute Gasteiger partial charge is 0.493 e. The smallest absolute Gasteiger partial charge is 0.239 e. The molecule has 2 rings (SSSR count). The van der Waals surface area contributed by atoms with Crippen LogP contribution in [-0.2, 0) is 0 Å². The van der Waals surface area contributed by atoms with Gasteiger partial charge in [-0.1, -0.05) is 11.3 Å². The number of aromatic hydroxyl groups is 1. The first kappa shape index (κ1) is 11.6. The molecule has 1 aromatic carbocycles. The van der Waals surface area contributed by atoms with Crippen LogP contribution in [0.4, 0.5) is 5.69 Å². The van der Waals surface area contributed by atoms with Crippen LogP contribution < -0.4 is 9.64 Å². The van der Waals surface area contributed by atoms with E-state index in [-0.39, 0.29) is 10.6 Å². The minimum Gasteiger partial charge on any atom is -0.493 e. The predicted octanol–water partition coefficient (Wildman–Crippen LogP) is 1.94. The molecule has 0 aliphatic carbocycles. The summed E-state index contributed by atoms with van der Waals surface area (Å²) >= 11 is 1.02. The van der Waals surface area contributed by atoms with Gasteiger partial charge in [0.05, 0.1) is 6.07 Å². The Bertz CT molecular complexity index is 576. The number of benzene rings is 1. The van der Waals surface area contributed by atoms with Crippen molar-refractivity contribution < 1.29 is 5.11 Å². The van der Waals surface area contributed by atoms with Gasteiger partial charge in [0.1, 0.15) is 5.01 Å². The van der Waals surface area contributed by atoms with Gasteiger partial charge in [-0.2, -0.15) is 0 Å². The second-order valence-corrected chi connectivity index (χ2v) is 4.78. The van der Waals surface area contributed by atoms with Gasteiger partial charge in [0.25, 0.3) is 0 Å². The Labute approximate surface area is 103 Å². The molecule has 1 heterocycles. The first-order valence-corrected chi connectivity index (χ1v) is 5.87. The zero-order valence-corrected chi connectivity index (χ0v) is 10.4. The summed E-state index contributed by atoms with van der Waals surface area (Å²) in [6, 6.07) is 8.76. The van der Waals surface area contributed by atoms with E-state index in [4.69, 9.17) is 0 Å². The molecule has 17 heavy (non-hydrogen) atoms. The Morgan fingerprint density at radius 2 is 1.88 bits per heavy atom. The molecule has 0 saturated heterocycles. The average molecular weight is 248 g/mol. The highest BCUT2D eigenvalue weighted by atomic mass is 32.1. The second-order valence-electron chi connectivity index (χ2n) is 3.78. The monoisotopic (exact) mass is 248 g/mol. The molecule has 0 unspecified atom stereocenters. The van der Waals surface area contributed by atoms with Gasteiger partial charge in [-0.15, -0.1) is 0 Å². The van der Waals surface area contributed by atoms with Crippen molar-refractivity contribution in [2.24, 2.45) is 0 Å². The molecule has 0 spiro atoms. The van der Waals surface area contributed by atoms with Crippen LogP contribution in [0.5, 0.6) is 5.88 Å². The fourth-order valence-corrected chi connectivity index (χ4v) is 2.16. The first-order valence-electron chi connectivity index (χ1n) is 5.05. The van der Waals surface area contributed by atoms with Crippen LogP contribution >= 0.6 is 11.3 Å². The number of hydrogen-bond acceptors (Lipinski definition) is 5. The topological polar surface area (TPSA) is 53.4 Å². The van der Waals surface area contributed by atoms with E-state index in [2.05, 4.69) is 4.98 Å². The summed E-state index contributed by atoms with van der Waals surface area (Å²) < 4.78 is -0.204. The van der Waals surface area contributed by atoms with Crippen LogP contribution in [0.15, 0.2) is 35.1 Å². The number of aromatic nitrogens is 1. The molecule has 0 fully saturated rings. The van der Waals surface area contributed by atoms with E-state index in [1.807, 2.05) is 43.3 Å². The zero-order chi connectivity index (χ0) is 12.4. The number of nitrogens with zero attached hydrogens (tertiary/aromatic N) is 2. The summed E-state index contributed by atoms with van der Waals surface area (Å²) in [5, 5.41) is 9.81. The zero-order valence-electron chi connectivity index (χ0n) is 9.54. The lowest BCUT2D eigenvalue weighted by Gasteiger charge is -2.12. The molecule has 0 radical (unpaired) electrons. The van der Waals surface area contributed by atoms with Gasteiger partial charge in [-0.25, -0.2) is 4.98 Å². The van der Waals surface area contributed by atoms with Crippen molar-refractivity contribution >= 4 is 17.0 Å². The van der Waals surface area contributed by atoms with E-state index in [0.717, 1.165) is 28.7 Å². The Kier molecular flexibility index (Phi) is 3.10. The molecule has 5 heteroatoms. The molecule has 88 valence electrons. The standard InChI is InChI=1S/C12H12N2O2S/c1-14(2)9-5-3-8(4-6-9)12-13-10(15)7-11(16)17-12/h3-7,15H,1-2H3. The molecule has 0 aliphatic heterocycles. The van der Waals surface area contributed by atoms with Gasteiger partial charge >= 0.3 is 0 Å². The lowest BCUT2D eigenvalue weighted by Crippen LogP contribution is -2.07. The highest BCUT2D eigenvalue weighted by Gasteiger charge is 2.04. The van der Waals surface area contributed by atoms with E-state index in [9.17, 15) is 9.90 Å². The van der Waals surface area contributed by atoms with Crippen molar-refractivity contribution in [3.8, 4) is 16.5 Å². The fraction of sp³-hybridized carbons (Fsp3) is 0.167. The molecule has 1 N–H and O–H groups in total. The van der Waals surface area contributed by atoms with Crippen LogP contribution in [0.2, 0.25) is 0 Å². The normalized spacial score (nSPS) is 10.2. The lowest BCUT2D eigenvalue weighted by atomic mass is 10.2. The molecule has 4 nitrogen and oxygen atoms in total. The number of hydrogen-bond donors (Lipinski definition) is 1. The lowest BCUT2D eigenvalue weighted by molar-refractivity contribution is 0.454. The Hall–Kier alpha value is -1.88. The summed E-state index contributed by atoms with van der Waals surface area (Å²) in [6.45, 7) is 0. The van der Waals surface area contributed by atoms with E-state index >= 15 is 0 Å². The highest BCUT2D eigenvalue weighted by molar-refractivity contribution is 7.12. The Balaban J connectivity index is 2.43. The second kappa shape index (κ2) is 4.55. The Morgan fingerprint density at radius 1 is 1.24 bits per heavy atom. The fourth-order valence-electron chi connectivity index (χ4n) is 1.41. The van der Waals surface area contributed by atoms with Crippen molar-refractivity contribution in [3.63, 3.8) is 0 Å². The van der Waals surface area contributed by atoms with Crippen LogP contribution in [0.1, 0.15) is 0 Å². The number of anilines is 1. The molecular weight excluding hydrogens is 236 g/mol. The van der Waals surface area contributed by atoms with Gasteiger partial charge in [0.2, 0.25) is 10.6 Å². The summed E-state index contributed by atoms with van der Waals surface area (Å²) in [7, 11) is 3.92. The van der Waals surface area contributed by atoms with Crippen molar-refractivity contribution in [2.45, 2.75) is 0 Å². The first-order chi connectivity index (χ1) is 8.06. The number of rotatable bonds is 2. The third kappa shape index (κ3) is 2.62. The van der Waals surface area contributed by atoms with E-state index in [1.165, 1.54) is 0 Å². The predicted molar refractivity (Wildman–Crippen MR) is 69.8 cm³/mol. The molecular formula is C12H12N2O2S. The molecule has 0 atom stereocenters. The van der Waals surface area contributed by atoms with E-state index in [0.29, 0.717) is 5.01 Å². The highest BCUT2D eigenvalue weighted by Crippen LogP contribution is 2.23. The quantitative estimate of drug-likeness (QED) is 0.882. The summed E-state index contributed by atoms with van der Waals surface area (Å²) in [5.74, 6) is -0.236. The molecule has 1 aromatic heterocycles. The summed E-state index contributed by atoms with van der Waals surface area (Å²) in [5.41, 5.74) is 1.90. The average Bonchev–Trinajstić information content (AvgIpc) is 2.28. The van der Waals surface area contributed by atoms with Crippen LogP contribution in [0, 0.1) is 0 Å². The van der Waals surface area contributed by atoms with Gasteiger partial charge < -0.3 is 10.0 Å². The molecule has 2 aromatic rings. The van der Waals surface area contributed by atoms with E-state index < -0.39 is 0 Å². The van der Waals surface area contributed by atoms with Crippen molar-refractivity contribution in [1.82, 2.24) is 4.98 Å². The summed E-state index contributed by atoms with van der Waals surface area (Å²) in [4.78, 5) is 17.2. The molecule has 0 bridgehead atoms. The van der Waals surface area contributed by atoms with Gasteiger partial charge in [-0.05, 0) is 24.3 Å². The maximum atomic E-state index is 11.3. The van der Waals surface area contributed by atoms with Crippen molar-refractivity contribution in [1.29, 1.82) is 0 Å². The summed E-state index contributed by atoms with van der Waals surface area (Å²) in [6.07, 6.45) is 0. The van der Waals surface area contributed by atoms with Crippen molar-refractivity contribution in [2.75, 3.05) is 19.0 Å². The van der Waals surface area contributed by atoms with Crippen LogP contribution in [0.25, 0.3) is 10.6 Å². The maximum absolute atomic E-state index is 11.3. The maximum Gasteiger partial charge on any atom is 0.239 e. The van der Waals surface area contributed by atoms with Gasteiger partial charge in [-0.3, -0.25) is 4.79 Å². The third-order valence-corrected chi connectivity index (χ3v) is 3.13. The minimum atomic E-state index is -0.236. The third-order valence-electron chi connectivity index (χ3n) is 2.29. The molecule has 0 amide bonds. The Morgan fingerprint density at radius 3 is 2.41 bits per heavy atom. The molecule has 0 saturated carbocycles. The minimum absolute atomic E-state index is 0.204. The SMILES string of the molecule is CN(C)c1ccc(-c2nc(O)cc(=O)s2)cc1.